The third-order valence-electron chi connectivity index (χ3n) is 4.15. The second kappa shape index (κ2) is 6.12. The highest BCUT2D eigenvalue weighted by atomic mass is 16.2. The molecule has 0 aliphatic heterocycles. The average molecular weight is 308 g/mol. The van der Waals surface area contributed by atoms with Gasteiger partial charge in [-0.3, -0.25) is 4.98 Å². The number of rotatable bonds is 3. The Morgan fingerprint density at radius 3 is 2.70 bits per heavy atom. The minimum atomic E-state index is -0.275. The van der Waals surface area contributed by atoms with Gasteiger partial charge in [-0.05, 0) is 49.2 Å². The van der Waals surface area contributed by atoms with Crippen molar-refractivity contribution in [3.63, 3.8) is 0 Å². The third kappa shape index (κ3) is 2.90. The monoisotopic (exact) mass is 308 g/mol. The van der Waals surface area contributed by atoms with Crippen molar-refractivity contribution in [3.8, 4) is 0 Å². The van der Waals surface area contributed by atoms with Crippen LogP contribution in [0.25, 0.3) is 10.9 Å². The van der Waals surface area contributed by atoms with E-state index in [0.29, 0.717) is 5.69 Å². The first-order chi connectivity index (χ1) is 11.1. The molecular formula is C18H20N4O. The molecule has 0 bridgehead atoms. The number of benzene rings is 1. The predicted octanol–water partition coefficient (Wildman–Crippen LogP) is 4.09. The molecule has 0 atom stereocenters. The number of fused-ring (bicyclic) bond motifs is 1. The summed E-state index contributed by atoms with van der Waals surface area (Å²) in [5.41, 5.74) is 5.20. The van der Waals surface area contributed by atoms with Crippen LogP contribution < -0.4 is 10.6 Å². The molecule has 0 aliphatic carbocycles. The van der Waals surface area contributed by atoms with E-state index in [1.54, 1.807) is 24.5 Å². The van der Waals surface area contributed by atoms with Crippen LogP contribution in [-0.4, -0.2) is 15.6 Å². The molecule has 2 N–H and O–H groups in total. The Bertz CT molecular complexity index is 852. The summed E-state index contributed by atoms with van der Waals surface area (Å²) in [5, 5.41) is 6.83. The molecule has 118 valence electrons. The topological polar surface area (TPSA) is 59.0 Å². The first-order valence-corrected chi connectivity index (χ1v) is 7.66. The highest BCUT2D eigenvalue weighted by molar-refractivity contribution is 6.01. The first kappa shape index (κ1) is 15.1. The van der Waals surface area contributed by atoms with E-state index >= 15 is 0 Å². The highest BCUT2D eigenvalue weighted by Crippen LogP contribution is 2.28. The largest absolute Gasteiger partial charge is 0.348 e. The minimum absolute atomic E-state index is 0.275. The fourth-order valence-electron chi connectivity index (χ4n) is 2.90. The number of nitrogens with zero attached hydrogens (tertiary/aromatic N) is 2. The molecule has 5 heteroatoms. The van der Waals surface area contributed by atoms with E-state index in [1.165, 1.54) is 22.2 Å². The number of hydrogen-bond acceptors (Lipinski definition) is 2. The van der Waals surface area contributed by atoms with E-state index in [9.17, 15) is 4.79 Å². The van der Waals surface area contributed by atoms with Crippen LogP contribution in [0.4, 0.5) is 16.2 Å². The van der Waals surface area contributed by atoms with Crippen molar-refractivity contribution in [1.82, 2.24) is 9.55 Å². The maximum absolute atomic E-state index is 12.1. The maximum atomic E-state index is 12.1. The van der Waals surface area contributed by atoms with Gasteiger partial charge in [-0.15, -0.1) is 0 Å². The summed E-state index contributed by atoms with van der Waals surface area (Å²) in [7, 11) is 2.07. The standard InChI is InChI=1S/C18H20N4O/c1-4-15-12(2)22(3)17-8-7-13(10-16(15)17)20-18(23)21-14-6-5-9-19-11-14/h5-11H,4H2,1-3H3,(H2,20,21,23). The summed E-state index contributed by atoms with van der Waals surface area (Å²) in [6.07, 6.45) is 4.24. The Morgan fingerprint density at radius 2 is 2.00 bits per heavy atom. The molecule has 3 aromatic rings. The van der Waals surface area contributed by atoms with E-state index in [2.05, 4.69) is 41.1 Å². The Kier molecular flexibility index (Phi) is 4.02. The normalized spacial score (nSPS) is 10.7. The zero-order chi connectivity index (χ0) is 16.4. The van der Waals surface area contributed by atoms with Crippen LogP contribution in [-0.2, 0) is 13.5 Å². The lowest BCUT2D eigenvalue weighted by Gasteiger charge is -2.08. The molecule has 0 fully saturated rings. The molecule has 3 rings (SSSR count). The van der Waals surface area contributed by atoms with Crippen LogP contribution in [0.15, 0.2) is 42.7 Å². The van der Waals surface area contributed by atoms with Gasteiger partial charge >= 0.3 is 6.03 Å². The van der Waals surface area contributed by atoms with Crippen molar-refractivity contribution in [2.75, 3.05) is 10.6 Å². The van der Waals surface area contributed by atoms with Crippen LogP contribution in [0.5, 0.6) is 0 Å². The van der Waals surface area contributed by atoms with Gasteiger partial charge in [0.05, 0.1) is 11.9 Å². The fraction of sp³-hybridized carbons (Fsp3) is 0.222. The Hall–Kier alpha value is -2.82. The molecule has 2 aromatic heterocycles. The Morgan fingerprint density at radius 1 is 1.22 bits per heavy atom. The molecule has 23 heavy (non-hydrogen) atoms. The molecule has 5 nitrogen and oxygen atoms in total. The summed E-state index contributed by atoms with van der Waals surface area (Å²) >= 11 is 0. The highest BCUT2D eigenvalue weighted by Gasteiger charge is 2.11. The number of nitrogens with one attached hydrogen (secondary N) is 2. The van der Waals surface area contributed by atoms with E-state index in [1.807, 2.05) is 18.2 Å². The molecule has 1 aromatic carbocycles. The number of pyridine rings is 1. The van der Waals surface area contributed by atoms with Crippen molar-refractivity contribution < 1.29 is 4.79 Å². The average Bonchev–Trinajstić information content (AvgIpc) is 2.79. The quantitative estimate of drug-likeness (QED) is 0.765. The third-order valence-corrected chi connectivity index (χ3v) is 4.15. The van der Waals surface area contributed by atoms with Gasteiger partial charge in [-0.2, -0.15) is 0 Å². The summed E-state index contributed by atoms with van der Waals surface area (Å²) in [6.45, 7) is 4.28. The molecule has 0 aliphatic rings. The lowest BCUT2D eigenvalue weighted by atomic mass is 10.1. The molecule has 0 radical (unpaired) electrons. The van der Waals surface area contributed by atoms with Crippen LogP contribution in [0.2, 0.25) is 0 Å². The number of aryl methyl sites for hydroxylation is 2. The minimum Gasteiger partial charge on any atom is -0.348 e. The van der Waals surface area contributed by atoms with E-state index in [4.69, 9.17) is 0 Å². The number of hydrogen-bond donors (Lipinski definition) is 2. The fourth-order valence-corrected chi connectivity index (χ4v) is 2.90. The van der Waals surface area contributed by atoms with Gasteiger partial charge < -0.3 is 15.2 Å². The van der Waals surface area contributed by atoms with E-state index in [0.717, 1.165) is 12.1 Å². The second-order valence-corrected chi connectivity index (χ2v) is 5.53. The van der Waals surface area contributed by atoms with Crippen LogP contribution >= 0.6 is 0 Å². The zero-order valence-corrected chi connectivity index (χ0v) is 13.6. The van der Waals surface area contributed by atoms with Crippen LogP contribution in [0, 0.1) is 6.92 Å². The number of carbonyl (C=O) groups excluding carboxylic acids is 1. The first-order valence-electron chi connectivity index (χ1n) is 7.66. The van der Waals surface area contributed by atoms with Gasteiger partial charge in [-0.1, -0.05) is 6.92 Å². The number of urea groups is 1. The number of aromatic nitrogens is 2. The lowest BCUT2D eigenvalue weighted by molar-refractivity contribution is 0.262. The molecule has 0 saturated heterocycles. The van der Waals surface area contributed by atoms with Gasteiger partial charge in [0.15, 0.2) is 0 Å². The van der Waals surface area contributed by atoms with Crippen molar-refractivity contribution >= 4 is 28.3 Å². The van der Waals surface area contributed by atoms with Crippen molar-refractivity contribution in [3.05, 3.63) is 54.0 Å². The Labute approximate surface area is 135 Å². The van der Waals surface area contributed by atoms with Crippen molar-refractivity contribution in [1.29, 1.82) is 0 Å². The smallest absolute Gasteiger partial charge is 0.323 e. The van der Waals surface area contributed by atoms with Gasteiger partial charge in [0.1, 0.15) is 0 Å². The number of amides is 2. The van der Waals surface area contributed by atoms with Gasteiger partial charge in [0.2, 0.25) is 0 Å². The summed E-state index contributed by atoms with van der Waals surface area (Å²) in [5.74, 6) is 0. The maximum Gasteiger partial charge on any atom is 0.323 e. The number of anilines is 2. The lowest BCUT2D eigenvalue weighted by Crippen LogP contribution is -2.19. The number of carbonyl (C=O) groups is 1. The van der Waals surface area contributed by atoms with Crippen molar-refractivity contribution in [2.24, 2.45) is 7.05 Å². The van der Waals surface area contributed by atoms with Gasteiger partial charge in [0, 0.05) is 35.5 Å². The molecule has 0 spiro atoms. The van der Waals surface area contributed by atoms with Gasteiger partial charge in [0.25, 0.3) is 0 Å². The SMILES string of the molecule is CCc1c(C)n(C)c2ccc(NC(=O)Nc3cccnc3)cc12. The summed E-state index contributed by atoms with van der Waals surface area (Å²) in [4.78, 5) is 16.1. The van der Waals surface area contributed by atoms with Crippen LogP contribution in [0.3, 0.4) is 0 Å². The molecular weight excluding hydrogens is 288 g/mol. The summed E-state index contributed by atoms with van der Waals surface area (Å²) in [6, 6.07) is 9.30. The zero-order valence-electron chi connectivity index (χ0n) is 13.6. The Balaban J connectivity index is 1.85. The molecule has 0 unspecified atom stereocenters. The predicted molar refractivity (Wildman–Crippen MR) is 93.9 cm³/mol. The molecule has 2 heterocycles. The van der Waals surface area contributed by atoms with E-state index < -0.39 is 0 Å². The summed E-state index contributed by atoms with van der Waals surface area (Å²) < 4.78 is 2.19. The van der Waals surface area contributed by atoms with E-state index in [-0.39, 0.29) is 6.03 Å². The molecule has 2 amide bonds. The molecule has 0 saturated carbocycles. The van der Waals surface area contributed by atoms with Crippen LogP contribution in [0.1, 0.15) is 18.2 Å². The van der Waals surface area contributed by atoms with Crippen molar-refractivity contribution in [2.45, 2.75) is 20.3 Å². The van der Waals surface area contributed by atoms with Gasteiger partial charge in [-0.25, -0.2) is 4.79 Å². The second-order valence-electron chi connectivity index (χ2n) is 5.53.